The third kappa shape index (κ3) is 1.45. The molecule has 2 fully saturated rings. The SMILES string of the molecule is Cn1c(CBr)nnc1C1C2CCCCC21. The lowest BCUT2D eigenvalue weighted by Crippen LogP contribution is -2.00. The van der Waals surface area contributed by atoms with E-state index in [2.05, 4.69) is 37.7 Å². The number of hydrogen-bond donors (Lipinski definition) is 0. The molecule has 2 atom stereocenters. The maximum absolute atomic E-state index is 4.36. The minimum absolute atomic E-state index is 0.720. The van der Waals surface area contributed by atoms with Gasteiger partial charge in [-0.05, 0) is 24.7 Å². The molecule has 2 aliphatic rings. The lowest BCUT2D eigenvalue weighted by atomic mass is 10.0. The van der Waals surface area contributed by atoms with Gasteiger partial charge in [0.25, 0.3) is 0 Å². The van der Waals surface area contributed by atoms with Crippen LogP contribution in [0.25, 0.3) is 0 Å². The van der Waals surface area contributed by atoms with Crippen molar-refractivity contribution in [3.63, 3.8) is 0 Å². The van der Waals surface area contributed by atoms with E-state index in [0.29, 0.717) is 0 Å². The van der Waals surface area contributed by atoms with Crippen LogP contribution in [0.3, 0.4) is 0 Å². The van der Waals surface area contributed by atoms with E-state index >= 15 is 0 Å². The van der Waals surface area contributed by atoms with Crippen molar-refractivity contribution in [2.45, 2.75) is 36.9 Å². The summed E-state index contributed by atoms with van der Waals surface area (Å²) in [6, 6.07) is 0. The second-order valence-corrected chi connectivity index (χ2v) is 5.37. The highest BCUT2D eigenvalue weighted by Crippen LogP contribution is 2.60. The zero-order valence-corrected chi connectivity index (χ0v) is 10.6. The predicted molar refractivity (Wildman–Crippen MR) is 61.8 cm³/mol. The molecule has 4 heteroatoms. The van der Waals surface area contributed by atoms with E-state index in [9.17, 15) is 0 Å². The third-order valence-electron chi connectivity index (χ3n) is 4.07. The van der Waals surface area contributed by atoms with Crippen LogP contribution in [-0.4, -0.2) is 14.8 Å². The van der Waals surface area contributed by atoms with E-state index in [4.69, 9.17) is 0 Å². The minimum atomic E-state index is 0.720. The van der Waals surface area contributed by atoms with Crippen LogP contribution in [0, 0.1) is 11.8 Å². The van der Waals surface area contributed by atoms with Crippen LogP contribution in [0.4, 0.5) is 0 Å². The maximum Gasteiger partial charge on any atom is 0.143 e. The fourth-order valence-corrected chi connectivity index (χ4v) is 3.65. The van der Waals surface area contributed by atoms with Crippen molar-refractivity contribution >= 4 is 15.9 Å². The van der Waals surface area contributed by atoms with Crippen molar-refractivity contribution in [3.05, 3.63) is 11.6 Å². The summed E-state index contributed by atoms with van der Waals surface area (Å²) < 4.78 is 2.18. The molecule has 2 unspecified atom stereocenters. The number of alkyl halides is 1. The zero-order chi connectivity index (χ0) is 10.4. The smallest absolute Gasteiger partial charge is 0.143 e. The summed E-state index contributed by atoms with van der Waals surface area (Å²) in [5.74, 6) is 4.84. The average Bonchev–Trinajstić information content (AvgIpc) is 2.88. The molecular formula is C11H16BrN3. The molecular weight excluding hydrogens is 254 g/mol. The second kappa shape index (κ2) is 3.58. The topological polar surface area (TPSA) is 30.7 Å². The number of fused-ring (bicyclic) bond motifs is 1. The van der Waals surface area contributed by atoms with Crippen molar-refractivity contribution in [1.82, 2.24) is 14.8 Å². The van der Waals surface area contributed by atoms with Crippen molar-refractivity contribution < 1.29 is 0 Å². The fraction of sp³-hybridized carbons (Fsp3) is 0.818. The molecule has 1 heterocycles. The standard InChI is InChI=1S/C11H16BrN3/c1-15-9(6-12)13-14-11(15)10-7-4-2-3-5-8(7)10/h7-8,10H,2-6H2,1H3. The largest absolute Gasteiger partial charge is 0.317 e. The number of hydrogen-bond acceptors (Lipinski definition) is 2. The van der Waals surface area contributed by atoms with Gasteiger partial charge in [0, 0.05) is 13.0 Å². The predicted octanol–water partition coefficient (Wildman–Crippen LogP) is 2.61. The van der Waals surface area contributed by atoms with Crippen molar-refractivity contribution in [3.8, 4) is 0 Å². The maximum atomic E-state index is 4.36. The molecule has 2 aliphatic carbocycles. The van der Waals surface area contributed by atoms with Gasteiger partial charge in [0.1, 0.15) is 11.6 Å². The van der Waals surface area contributed by atoms with Crippen molar-refractivity contribution in [1.29, 1.82) is 0 Å². The summed E-state index contributed by atoms with van der Waals surface area (Å²) in [6.45, 7) is 0. The van der Waals surface area contributed by atoms with Crippen LogP contribution >= 0.6 is 15.9 Å². The first-order valence-electron chi connectivity index (χ1n) is 5.77. The van der Waals surface area contributed by atoms with Gasteiger partial charge in [-0.25, -0.2) is 0 Å². The van der Waals surface area contributed by atoms with E-state index in [1.165, 1.54) is 31.5 Å². The Morgan fingerprint density at radius 1 is 1.27 bits per heavy atom. The molecule has 0 radical (unpaired) electrons. The van der Waals surface area contributed by atoms with E-state index < -0.39 is 0 Å². The average molecular weight is 270 g/mol. The highest BCUT2D eigenvalue weighted by atomic mass is 79.9. The van der Waals surface area contributed by atoms with Gasteiger partial charge >= 0.3 is 0 Å². The Bertz CT molecular complexity index is 362. The number of halogens is 1. The van der Waals surface area contributed by atoms with Gasteiger partial charge in [0.2, 0.25) is 0 Å². The highest BCUT2D eigenvalue weighted by Gasteiger charge is 2.53. The Kier molecular flexibility index (Phi) is 2.34. The van der Waals surface area contributed by atoms with E-state index in [1.54, 1.807) is 0 Å². The normalized spacial score (nSPS) is 33.9. The van der Waals surface area contributed by atoms with Gasteiger partial charge in [0.15, 0.2) is 0 Å². The summed E-state index contributed by atoms with van der Waals surface area (Å²) in [6.07, 6.45) is 5.65. The van der Waals surface area contributed by atoms with E-state index in [-0.39, 0.29) is 0 Å². The molecule has 0 aliphatic heterocycles. The highest BCUT2D eigenvalue weighted by molar-refractivity contribution is 9.08. The molecule has 1 aromatic rings. The summed E-state index contributed by atoms with van der Waals surface area (Å²) in [5.41, 5.74) is 0. The number of aromatic nitrogens is 3. The minimum Gasteiger partial charge on any atom is -0.317 e. The molecule has 3 nitrogen and oxygen atoms in total. The van der Waals surface area contributed by atoms with Crippen LogP contribution in [0.2, 0.25) is 0 Å². The Morgan fingerprint density at radius 3 is 2.47 bits per heavy atom. The molecule has 0 saturated heterocycles. The van der Waals surface area contributed by atoms with Crippen molar-refractivity contribution in [2.24, 2.45) is 18.9 Å². The quantitative estimate of drug-likeness (QED) is 0.773. The molecule has 0 bridgehead atoms. The molecule has 15 heavy (non-hydrogen) atoms. The molecule has 2 saturated carbocycles. The summed E-state index contributed by atoms with van der Waals surface area (Å²) in [4.78, 5) is 0. The van der Waals surface area contributed by atoms with Crippen LogP contribution in [0.15, 0.2) is 0 Å². The van der Waals surface area contributed by atoms with Crippen LogP contribution < -0.4 is 0 Å². The summed E-state index contributed by atoms with van der Waals surface area (Å²) in [5, 5.41) is 9.38. The van der Waals surface area contributed by atoms with Gasteiger partial charge < -0.3 is 4.57 Å². The summed E-state index contributed by atoms with van der Waals surface area (Å²) in [7, 11) is 2.09. The Hall–Kier alpha value is -0.380. The first kappa shape index (κ1) is 9.82. The second-order valence-electron chi connectivity index (χ2n) is 4.81. The van der Waals surface area contributed by atoms with Gasteiger partial charge in [0.05, 0.1) is 5.33 Å². The van der Waals surface area contributed by atoms with Gasteiger partial charge in [-0.1, -0.05) is 28.8 Å². The number of rotatable bonds is 2. The van der Waals surface area contributed by atoms with Crippen molar-refractivity contribution in [2.75, 3.05) is 0 Å². The molecule has 0 aromatic carbocycles. The van der Waals surface area contributed by atoms with E-state index in [0.717, 1.165) is 28.9 Å². The van der Waals surface area contributed by atoms with Gasteiger partial charge in [-0.3, -0.25) is 0 Å². The molecule has 0 spiro atoms. The first-order valence-corrected chi connectivity index (χ1v) is 6.89. The lowest BCUT2D eigenvalue weighted by Gasteiger charge is -2.04. The molecule has 3 rings (SSSR count). The Morgan fingerprint density at radius 2 is 1.93 bits per heavy atom. The monoisotopic (exact) mass is 269 g/mol. The first-order chi connectivity index (χ1) is 7.33. The van der Waals surface area contributed by atoms with Gasteiger partial charge in [-0.2, -0.15) is 0 Å². The van der Waals surface area contributed by atoms with Crippen LogP contribution in [0.5, 0.6) is 0 Å². The summed E-state index contributed by atoms with van der Waals surface area (Å²) >= 11 is 3.44. The Balaban J connectivity index is 1.85. The Labute approximate surface area is 98.4 Å². The fourth-order valence-electron chi connectivity index (χ4n) is 3.16. The molecule has 0 amide bonds. The van der Waals surface area contributed by atoms with Gasteiger partial charge in [-0.15, -0.1) is 10.2 Å². The van der Waals surface area contributed by atoms with Crippen LogP contribution in [-0.2, 0) is 12.4 Å². The van der Waals surface area contributed by atoms with Crippen LogP contribution in [0.1, 0.15) is 43.3 Å². The zero-order valence-electron chi connectivity index (χ0n) is 8.99. The molecule has 1 aromatic heterocycles. The number of nitrogens with zero attached hydrogens (tertiary/aromatic N) is 3. The molecule has 82 valence electrons. The van der Waals surface area contributed by atoms with E-state index in [1.807, 2.05) is 0 Å². The lowest BCUT2D eigenvalue weighted by molar-refractivity contribution is 0.480. The third-order valence-corrected chi connectivity index (χ3v) is 4.57. The molecule has 0 N–H and O–H groups in total.